The zero-order valence-electron chi connectivity index (χ0n) is 8.17. The molecule has 6 heteroatoms. The highest BCUT2D eigenvalue weighted by atomic mass is 127. The molecule has 0 aliphatic rings. The molecule has 80 valence electrons. The van der Waals surface area contributed by atoms with Gasteiger partial charge in [0.2, 0.25) is 5.95 Å². The quantitative estimate of drug-likeness (QED) is 0.616. The van der Waals surface area contributed by atoms with E-state index in [9.17, 15) is 9.18 Å². The van der Waals surface area contributed by atoms with Crippen LogP contribution in [0.4, 0.5) is 4.39 Å². The van der Waals surface area contributed by atoms with Gasteiger partial charge in [-0.1, -0.05) is 0 Å². The molecule has 1 rings (SSSR count). The van der Waals surface area contributed by atoms with Crippen molar-refractivity contribution < 1.29 is 13.9 Å². The van der Waals surface area contributed by atoms with Gasteiger partial charge in [0.1, 0.15) is 17.3 Å². The Hall–Kier alpha value is -1.10. The van der Waals surface area contributed by atoms with Crippen molar-refractivity contribution in [2.45, 2.75) is 6.92 Å². The van der Waals surface area contributed by atoms with Gasteiger partial charge in [-0.2, -0.15) is 9.65 Å². The van der Waals surface area contributed by atoms with Gasteiger partial charge >= 0.3 is 5.97 Å². The number of aromatic nitrogens is 1. The van der Waals surface area contributed by atoms with Gasteiger partial charge in [0.15, 0.2) is 0 Å². The molecule has 0 spiro atoms. The molecular weight excluding hydrogens is 314 g/mol. The average Bonchev–Trinajstić information content (AvgIpc) is 2.39. The largest absolute Gasteiger partial charge is 0.461 e. The number of hydrogen-bond donors (Lipinski definition) is 0. The van der Waals surface area contributed by atoms with E-state index in [0.29, 0.717) is 0 Å². The lowest BCUT2D eigenvalue weighted by atomic mass is 10.3. The molecule has 0 bridgehead atoms. The van der Waals surface area contributed by atoms with Crippen LogP contribution in [0, 0.1) is 20.8 Å². The van der Waals surface area contributed by atoms with Gasteiger partial charge in [-0.15, -0.1) is 0 Å². The maximum absolute atomic E-state index is 13.4. The van der Waals surface area contributed by atoms with E-state index < -0.39 is 11.9 Å². The summed E-state index contributed by atoms with van der Waals surface area (Å²) < 4.78 is 19.5. The van der Waals surface area contributed by atoms with Gasteiger partial charge in [0.05, 0.1) is 10.2 Å². The standard InChI is InChI=1S/C9H8FIN2O2/c1-3-15-9(14)7-6(11)5(4-12)8(10)13(7)2/h3H2,1-2H3. The van der Waals surface area contributed by atoms with Crippen LogP contribution in [-0.2, 0) is 11.8 Å². The fourth-order valence-electron chi connectivity index (χ4n) is 1.14. The second-order valence-electron chi connectivity index (χ2n) is 2.72. The lowest BCUT2D eigenvalue weighted by Crippen LogP contribution is -2.11. The number of rotatable bonds is 2. The summed E-state index contributed by atoms with van der Waals surface area (Å²) in [5.41, 5.74) is -0.0485. The number of carbonyl (C=O) groups excluding carboxylic acids is 1. The van der Waals surface area contributed by atoms with Crippen LogP contribution in [0.5, 0.6) is 0 Å². The Kier molecular flexibility index (Phi) is 3.68. The number of carbonyl (C=O) groups is 1. The summed E-state index contributed by atoms with van der Waals surface area (Å²) in [4.78, 5) is 11.4. The van der Waals surface area contributed by atoms with Crippen LogP contribution in [0.25, 0.3) is 0 Å². The topological polar surface area (TPSA) is 55.0 Å². The van der Waals surface area contributed by atoms with Gasteiger partial charge in [-0.05, 0) is 29.5 Å². The average molecular weight is 322 g/mol. The number of ether oxygens (including phenoxy) is 1. The summed E-state index contributed by atoms with van der Waals surface area (Å²) >= 11 is 1.76. The Bertz CT molecular complexity index is 448. The second-order valence-corrected chi connectivity index (χ2v) is 3.80. The van der Waals surface area contributed by atoms with Crippen LogP contribution in [0.1, 0.15) is 23.0 Å². The van der Waals surface area contributed by atoms with Crippen molar-refractivity contribution in [3.63, 3.8) is 0 Å². The summed E-state index contributed by atoms with van der Waals surface area (Å²) in [5.74, 6) is -1.34. The highest BCUT2D eigenvalue weighted by Crippen LogP contribution is 2.22. The van der Waals surface area contributed by atoms with Gasteiger partial charge in [-0.3, -0.25) is 0 Å². The number of nitriles is 1. The molecule has 0 fully saturated rings. The zero-order chi connectivity index (χ0) is 11.6. The first-order valence-corrected chi connectivity index (χ1v) is 5.23. The number of hydrogen-bond acceptors (Lipinski definition) is 3. The Balaban J connectivity index is 3.32. The number of nitrogens with zero attached hydrogens (tertiary/aromatic N) is 2. The van der Waals surface area contributed by atoms with E-state index in [0.717, 1.165) is 4.57 Å². The summed E-state index contributed by atoms with van der Waals surface area (Å²) in [6, 6.07) is 1.71. The first-order chi connectivity index (χ1) is 7.04. The molecule has 0 aliphatic heterocycles. The molecule has 1 heterocycles. The molecule has 0 aromatic carbocycles. The van der Waals surface area contributed by atoms with Crippen molar-refractivity contribution in [3.8, 4) is 6.07 Å². The maximum Gasteiger partial charge on any atom is 0.356 e. The Morgan fingerprint density at radius 3 is 2.73 bits per heavy atom. The highest BCUT2D eigenvalue weighted by Gasteiger charge is 2.24. The number of halogens is 2. The third-order valence-electron chi connectivity index (χ3n) is 1.84. The molecule has 1 aromatic rings. The third kappa shape index (κ3) is 1.97. The van der Waals surface area contributed by atoms with E-state index in [-0.39, 0.29) is 21.4 Å². The summed E-state index contributed by atoms with van der Waals surface area (Å²) in [6.07, 6.45) is 0. The van der Waals surface area contributed by atoms with E-state index in [4.69, 9.17) is 10.00 Å². The van der Waals surface area contributed by atoms with Gasteiger partial charge in [0.25, 0.3) is 0 Å². The summed E-state index contributed by atoms with van der Waals surface area (Å²) in [6.45, 7) is 1.87. The fourth-order valence-corrected chi connectivity index (χ4v) is 2.07. The molecule has 0 N–H and O–H groups in total. The van der Waals surface area contributed by atoms with Crippen molar-refractivity contribution >= 4 is 28.6 Å². The minimum atomic E-state index is -0.718. The van der Waals surface area contributed by atoms with E-state index in [1.165, 1.54) is 7.05 Å². The molecule has 1 aromatic heterocycles. The van der Waals surface area contributed by atoms with Gasteiger partial charge in [0, 0.05) is 7.05 Å². The first kappa shape index (κ1) is 12.0. The zero-order valence-corrected chi connectivity index (χ0v) is 10.3. The lowest BCUT2D eigenvalue weighted by Gasteiger charge is -2.03. The van der Waals surface area contributed by atoms with Gasteiger partial charge < -0.3 is 9.30 Å². The van der Waals surface area contributed by atoms with Crippen molar-refractivity contribution in [3.05, 3.63) is 20.8 Å². The second kappa shape index (κ2) is 4.61. The predicted molar refractivity (Wildman–Crippen MR) is 58.8 cm³/mol. The minimum absolute atomic E-state index is 0.0755. The van der Waals surface area contributed by atoms with E-state index in [1.807, 2.05) is 0 Å². The van der Waals surface area contributed by atoms with Crippen molar-refractivity contribution in [1.82, 2.24) is 4.57 Å². The first-order valence-electron chi connectivity index (χ1n) is 4.15. The van der Waals surface area contributed by atoms with Crippen LogP contribution >= 0.6 is 22.6 Å². The molecule has 0 amide bonds. The van der Waals surface area contributed by atoms with Crippen LogP contribution in [-0.4, -0.2) is 17.1 Å². The van der Waals surface area contributed by atoms with E-state index in [1.54, 1.807) is 35.6 Å². The molecule has 0 radical (unpaired) electrons. The maximum atomic E-state index is 13.4. The van der Waals surface area contributed by atoms with Crippen molar-refractivity contribution in [2.24, 2.45) is 7.05 Å². The van der Waals surface area contributed by atoms with Gasteiger partial charge in [-0.25, -0.2) is 4.79 Å². The molecule has 0 unspecified atom stereocenters. The minimum Gasteiger partial charge on any atom is -0.461 e. The van der Waals surface area contributed by atoms with Crippen LogP contribution < -0.4 is 0 Å². The molecule has 0 aliphatic carbocycles. The third-order valence-corrected chi connectivity index (χ3v) is 2.89. The molecule has 4 nitrogen and oxygen atoms in total. The molecule has 0 atom stereocenters. The SMILES string of the molecule is CCOC(=O)c1c(I)c(C#N)c(F)n1C. The van der Waals surface area contributed by atoms with E-state index in [2.05, 4.69) is 0 Å². The lowest BCUT2D eigenvalue weighted by molar-refractivity contribution is 0.0512. The predicted octanol–water partition coefficient (Wildman–Crippen LogP) is 1.82. The normalized spacial score (nSPS) is 9.80. The highest BCUT2D eigenvalue weighted by molar-refractivity contribution is 14.1. The van der Waals surface area contributed by atoms with Crippen molar-refractivity contribution in [1.29, 1.82) is 5.26 Å². The summed E-state index contributed by atoms with van der Waals surface area (Å²) in [5, 5.41) is 8.69. The smallest absolute Gasteiger partial charge is 0.356 e. The molecule has 15 heavy (non-hydrogen) atoms. The molecule has 0 saturated carbocycles. The fraction of sp³-hybridized carbons (Fsp3) is 0.333. The van der Waals surface area contributed by atoms with Crippen LogP contribution in [0.15, 0.2) is 0 Å². The van der Waals surface area contributed by atoms with Crippen molar-refractivity contribution in [2.75, 3.05) is 6.61 Å². The van der Waals surface area contributed by atoms with Crippen LogP contribution in [0.2, 0.25) is 0 Å². The van der Waals surface area contributed by atoms with E-state index >= 15 is 0 Å². The summed E-state index contributed by atoms with van der Waals surface area (Å²) in [7, 11) is 1.38. The monoisotopic (exact) mass is 322 g/mol. The van der Waals surface area contributed by atoms with Crippen LogP contribution in [0.3, 0.4) is 0 Å². The Labute approximate surface area is 99.8 Å². The number of esters is 1. The Morgan fingerprint density at radius 2 is 2.33 bits per heavy atom. The molecule has 0 saturated heterocycles. The molecular formula is C9H8FIN2O2. The Morgan fingerprint density at radius 1 is 1.73 bits per heavy atom.